The number of benzene rings is 3. The van der Waals surface area contributed by atoms with Crippen LogP contribution in [0, 0.1) is 17.0 Å². The quantitative estimate of drug-likeness (QED) is 0.331. The number of sulfonamides is 1. The van der Waals surface area contributed by atoms with Gasteiger partial charge in [-0.05, 0) is 49.4 Å². The number of nitrogens with one attached hydrogen (secondary N) is 1. The minimum absolute atomic E-state index is 0.0830. The Labute approximate surface area is 213 Å². The first-order valence-electron chi connectivity index (χ1n) is 11.3. The molecule has 37 heavy (non-hydrogen) atoms. The third-order valence-electron chi connectivity index (χ3n) is 5.71. The first-order chi connectivity index (χ1) is 17.7. The molecule has 4 rings (SSSR count). The maximum Gasteiger partial charge on any atom is 0.273 e. The number of hydrogen-bond acceptors (Lipinski definition) is 8. The maximum atomic E-state index is 13.6. The summed E-state index contributed by atoms with van der Waals surface area (Å²) in [6.45, 7) is 1.24. The molecule has 1 unspecified atom stereocenters. The number of anilines is 1. The Bertz CT molecular complexity index is 1410. The maximum absolute atomic E-state index is 13.6. The van der Waals surface area contributed by atoms with E-state index in [9.17, 15) is 23.3 Å². The fourth-order valence-corrected chi connectivity index (χ4v) is 5.16. The third kappa shape index (κ3) is 5.75. The molecule has 0 saturated carbocycles. The van der Waals surface area contributed by atoms with Crippen LogP contribution in [0.1, 0.15) is 5.56 Å². The second-order valence-electron chi connectivity index (χ2n) is 8.22. The third-order valence-corrected chi connectivity index (χ3v) is 7.48. The van der Waals surface area contributed by atoms with Gasteiger partial charge in [-0.15, -0.1) is 0 Å². The van der Waals surface area contributed by atoms with E-state index in [0.717, 1.165) is 10.4 Å². The van der Waals surface area contributed by atoms with Crippen molar-refractivity contribution in [2.45, 2.75) is 17.9 Å². The zero-order chi connectivity index (χ0) is 26.6. The molecule has 1 aliphatic heterocycles. The van der Waals surface area contributed by atoms with Crippen molar-refractivity contribution >= 4 is 27.3 Å². The molecule has 0 saturated heterocycles. The Balaban J connectivity index is 1.55. The van der Waals surface area contributed by atoms with Gasteiger partial charge in [-0.25, -0.2) is 8.42 Å². The standard InChI is InChI=1S/C25H25N3O8S/c1-17-7-12-21(13-22(17)28(30)31)37(32,33)27(18-8-10-19(34-2)11-9-18)15-25(29)26-14-20-16-35-23-5-3-4-6-24(23)36-20/h3-13,20H,14-16H2,1-2H3,(H,26,29). The number of carbonyl (C=O) groups excluding carboxylic acids is 1. The number of methoxy groups -OCH3 is 1. The molecule has 0 aliphatic carbocycles. The lowest BCUT2D eigenvalue weighted by molar-refractivity contribution is -0.385. The SMILES string of the molecule is COc1ccc(N(CC(=O)NCC2COc3ccccc3O2)S(=O)(=O)c2ccc(C)c([N+](=O)[O-])c2)cc1. The second-order valence-corrected chi connectivity index (χ2v) is 10.1. The lowest BCUT2D eigenvalue weighted by Crippen LogP contribution is -2.45. The van der Waals surface area contributed by atoms with Crippen LogP contribution in [-0.2, 0) is 14.8 Å². The summed E-state index contributed by atoms with van der Waals surface area (Å²) in [7, 11) is -2.88. The molecule has 0 aromatic heterocycles. The molecule has 0 radical (unpaired) electrons. The Morgan fingerprint density at radius 3 is 2.51 bits per heavy atom. The fraction of sp³-hybridized carbons (Fsp3) is 0.240. The monoisotopic (exact) mass is 527 g/mol. The van der Waals surface area contributed by atoms with Gasteiger partial charge in [0.15, 0.2) is 11.5 Å². The molecule has 1 N–H and O–H groups in total. The number of carbonyl (C=O) groups is 1. The smallest absolute Gasteiger partial charge is 0.273 e. The number of para-hydroxylation sites is 2. The highest BCUT2D eigenvalue weighted by Crippen LogP contribution is 2.31. The summed E-state index contributed by atoms with van der Waals surface area (Å²) in [6, 6.07) is 16.9. The van der Waals surface area contributed by atoms with Gasteiger partial charge in [0.25, 0.3) is 15.7 Å². The highest BCUT2D eigenvalue weighted by Gasteiger charge is 2.30. The molecule has 3 aromatic rings. The first-order valence-corrected chi connectivity index (χ1v) is 12.7. The van der Waals surface area contributed by atoms with Crippen LogP contribution in [0.15, 0.2) is 71.6 Å². The van der Waals surface area contributed by atoms with Gasteiger partial charge < -0.3 is 19.5 Å². The van der Waals surface area contributed by atoms with Crippen molar-refractivity contribution in [2.24, 2.45) is 0 Å². The van der Waals surface area contributed by atoms with E-state index >= 15 is 0 Å². The minimum Gasteiger partial charge on any atom is -0.497 e. The zero-order valence-corrected chi connectivity index (χ0v) is 20.9. The number of amides is 1. The number of nitro groups is 1. The largest absolute Gasteiger partial charge is 0.497 e. The van der Waals surface area contributed by atoms with Gasteiger partial charge in [0.2, 0.25) is 5.91 Å². The van der Waals surface area contributed by atoms with E-state index in [1.54, 1.807) is 30.3 Å². The van der Waals surface area contributed by atoms with Gasteiger partial charge >= 0.3 is 0 Å². The van der Waals surface area contributed by atoms with E-state index in [1.807, 2.05) is 6.07 Å². The molecule has 1 atom stereocenters. The molecule has 0 bridgehead atoms. The summed E-state index contributed by atoms with van der Waals surface area (Å²) in [5, 5.41) is 14.1. The molecule has 1 aliphatic rings. The zero-order valence-electron chi connectivity index (χ0n) is 20.1. The fourth-order valence-electron chi connectivity index (χ4n) is 3.71. The second kappa shape index (κ2) is 10.7. The molecule has 0 spiro atoms. The topological polar surface area (TPSA) is 137 Å². The van der Waals surface area contributed by atoms with Crippen LogP contribution in [0.3, 0.4) is 0 Å². The van der Waals surface area contributed by atoms with Gasteiger partial charge in [0, 0.05) is 11.6 Å². The van der Waals surface area contributed by atoms with E-state index < -0.39 is 33.5 Å². The van der Waals surface area contributed by atoms with E-state index in [-0.39, 0.29) is 29.4 Å². The van der Waals surface area contributed by atoms with Crippen molar-refractivity contribution in [1.82, 2.24) is 5.32 Å². The van der Waals surface area contributed by atoms with E-state index in [0.29, 0.717) is 22.8 Å². The molecule has 1 heterocycles. The molecule has 12 heteroatoms. The summed E-state index contributed by atoms with van der Waals surface area (Å²) in [4.78, 5) is 23.3. The van der Waals surface area contributed by atoms with Crippen molar-refractivity contribution in [3.05, 3.63) is 82.4 Å². The normalized spacial score (nSPS) is 14.5. The highest BCUT2D eigenvalue weighted by atomic mass is 32.2. The van der Waals surface area contributed by atoms with Crippen molar-refractivity contribution in [3.8, 4) is 17.2 Å². The first kappa shape index (κ1) is 25.8. The van der Waals surface area contributed by atoms with Crippen molar-refractivity contribution in [3.63, 3.8) is 0 Å². The van der Waals surface area contributed by atoms with Crippen LogP contribution in [0.5, 0.6) is 17.2 Å². The summed E-state index contributed by atoms with van der Waals surface area (Å²) in [5.74, 6) is 1.06. The summed E-state index contributed by atoms with van der Waals surface area (Å²) in [5.41, 5.74) is 0.161. The van der Waals surface area contributed by atoms with Crippen LogP contribution in [0.2, 0.25) is 0 Å². The van der Waals surface area contributed by atoms with Crippen LogP contribution < -0.4 is 23.8 Å². The van der Waals surface area contributed by atoms with E-state index in [2.05, 4.69) is 5.32 Å². The summed E-state index contributed by atoms with van der Waals surface area (Å²) >= 11 is 0. The number of rotatable bonds is 9. The molecule has 194 valence electrons. The number of nitro benzene ring substituents is 1. The highest BCUT2D eigenvalue weighted by molar-refractivity contribution is 7.92. The lowest BCUT2D eigenvalue weighted by Gasteiger charge is -2.27. The van der Waals surface area contributed by atoms with Gasteiger partial charge in [-0.3, -0.25) is 19.2 Å². The van der Waals surface area contributed by atoms with Crippen molar-refractivity contribution in [1.29, 1.82) is 0 Å². The van der Waals surface area contributed by atoms with Crippen LogP contribution in [0.25, 0.3) is 0 Å². The Morgan fingerprint density at radius 1 is 1.14 bits per heavy atom. The average molecular weight is 528 g/mol. The van der Waals surface area contributed by atoms with Crippen molar-refractivity contribution in [2.75, 3.05) is 31.1 Å². The number of nitrogens with zero attached hydrogens (tertiary/aromatic N) is 2. The van der Waals surface area contributed by atoms with Gasteiger partial charge in [-0.2, -0.15) is 0 Å². The Morgan fingerprint density at radius 2 is 1.84 bits per heavy atom. The molecular weight excluding hydrogens is 502 g/mol. The van der Waals surface area contributed by atoms with Gasteiger partial charge in [0.05, 0.1) is 29.2 Å². The molecule has 1 amide bonds. The van der Waals surface area contributed by atoms with E-state index in [4.69, 9.17) is 14.2 Å². The van der Waals surface area contributed by atoms with Gasteiger partial charge in [0.1, 0.15) is 25.0 Å². The molecule has 3 aromatic carbocycles. The predicted molar refractivity (Wildman–Crippen MR) is 135 cm³/mol. The van der Waals surface area contributed by atoms with E-state index in [1.165, 1.54) is 38.3 Å². The Hall–Kier alpha value is -4.32. The number of hydrogen-bond donors (Lipinski definition) is 1. The number of aryl methyl sites for hydroxylation is 1. The average Bonchev–Trinajstić information content (AvgIpc) is 2.90. The Kier molecular flexibility index (Phi) is 7.48. The lowest BCUT2D eigenvalue weighted by atomic mass is 10.2. The van der Waals surface area contributed by atoms with Crippen LogP contribution in [0.4, 0.5) is 11.4 Å². The van der Waals surface area contributed by atoms with Crippen LogP contribution >= 0.6 is 0 Å². The predicted octanol–water partition coefficient (Wildman–Crippen LogP) is 3.06. The molecule has 11 nitrogen and oxygen atoms in total. The number of fused-ring (bicyclic) bond motifs is 1. The van der Waals surface area contributed by atoms with Gasteiger partial charge in [-0.1, -0.05) is 18.2 Å². The molecule has 0 fully saturated rings. The van der Waals surface area contributed by atoms with Crippen LogP contribution in [-0.4, -0.2) is 52.2 Å². The number of ether oxygens (including phenoxy) is 3. The minimum atomic E-state index is -4.35. The van der Waals surface area contributed by atoms with Crippen molar-refractivity contribution < 1.29 is 32.3 Å². The summed E-state index contributed by atoms with van der Waals surface area (Å²) in [6.07, 6.45) is -0.468. The summed E-state index contributed by atoms with van der Waals surface area (Å²) < 4.78 is 44.7. The molecular formula is C25H25N3O8S.